The van der Waals surface area contributed by atoms with E-state index in [2.05, 4.69) is 39.8 Å². The number of nitrogens with zero attached hydrogens (tertiary/aromatic N) is 1. The van der Waals surface area contributed by atoms with E-state index in [1.165, 1.54) is 37.7 Å². The summed E-state index contributed by atoms with van der Waals surface area (Å²) in [5, 5.41) is 6.05. The Morgan fingerprint density at radius 1 is 1.06 bits per heavy atom. The van der Waals surface area contributed by atoms with Gasteiger partial charge in [0.25, 0.3) is 0 Å². The third-order valence-electron chi connectivity index (χ3n) is 6.55. The molecule has 1 aliphatic carbocycles. The molecule has 0 radical (unpaired) electrons. The number of benzene rings is 1. The fraction of sp³-hybridized carbons (Fsp3) is 0.704. The molecule has 1 saturated carbocycles. The molecule has 1 atom stereocenters. The van der Waals surface area contributed by atoms with E-state index < -0.39 is 17.7 Å². The van der Waals surface area contributed by atoms with Gasteiger partial charge < -0.3 is 15.4 Å². The molecule has 1 aromatic rings. The lowest BCUT2D eigenvalue weighted by Gasteiger charge is -2.33. The predicted octanol–water partition coefficient (Wildman–Crippen LogP) is 4.97. The number of alkyl carbamates (subject to hydrolysis) is 1. The molecule has 1 aliphatic heterocycles. The van der Waals surface area contributed by atoms with E-state index >= 15 is 0 Å². The molecule has 2 fully saturated rings. The highest BCUT2D eigenvalue weighted by Crippen LogP contribution is 2.27. The minimum absolute atomic E-state index is 0.0940. The first-order valence-electron chi connectivity index (χ1n) is 12.9. The second-order valence-electron chi connectivity index (χ2n) is 10.8. The largest absolute Gasteiger partial charge is 0.444 e. The van der Waals surface area contributed by atoms with Crippen LogP contribution >= 0.6 is 11.8 Å². The fourth-order valence-corrected chi connectivity index (χ4v) is 5.99. The molecule has 34 heavy (non-hydrogen) atoms. The molecule has 6 nitrogen and oxygen atoms in total. The summed E-state index contributed by atoms with van der Waals surface area (Å²) in [6, 6.07) is 10.1. The molecule has 0 bridgehead atoms. The van der Waals surface area contributed by atoms with Crippen molar-refractivity contribution in [2.75, 3.05) is 24.6 Å². The molecule has 0 unspecified atom stereocenters. The highest BCUT2D eigenvalue weighted by Gasteiger charge is 2.28. The Labute approximate surface area is 210 Å². The van der Waals surface area contributed by atoms with Crippen molar-refractivity contribution in [3.8, 4) is 0 Å². The Balaban J connectivity index is 1.47. The summed E-state index contributed by atoms with van der Waals surface area (Å²) in [6.07, 6.45) is 7.86. The zero-order chi connectivity index (χ0) is 24.4. The second-order valence-corrected chi connectivity index (χ2v) is 11.9. The quantitative estimate of drug-likeness (QED) is 0.512. The number of rotatable bonds is 9. The molecular formula is C27H43N3O3S. The standard InChI is InChI=1S/C27H43N3O3S/c1-27(2,3)33-26(32)29-24(20-34-19-22-12-8-5-9-13-22)25(31)28-23-14-16-30(17-15-23)18-21-10-6-4-7-11-21/h4,6-7,10-11,22-24H,5,8-9,12-20H2,1-3H3,(H,28,31)(H,29,32)/t24-/m1/s1. The van der Waals surface area contributed by atoms with Crippen LogP contribution < -0.4 is 10.6 Å². The SMILES string of the molecule is CC(C)(C)OC(=O)N[C@H](CSCC1CCCCC1)C(=O)NC1CCN(Cc2ccccc2)CC1. The molecule has 190 valence electrons. The number of amides is 2. The molecule has 3 rings (SSSR count). The van der Waals surface area contributed by atoms with E-state index in [-0.39, 0.29) is 11.9 Å². The smallest absolute Gasteiger partial charge is 0.408 e. The van der Waals surface area contributed by atoms with Gasteiger partial charge >= 0.3 is 6.09 Å². The van der Waals surface area contributed by atoms with Gasteiger partial charge in [0, 0.05) is 31.4 Å². The van der Waals surface area contributed by atoms with Gasteiger partial charge in [0.1, 0.15) is 11.6 Å². The van der Waals surface area contributed by atoms with Crippen LogP contribution in [0.1, 0.15) is 71.3 Å². The number of likely N-dealkylation sites (tertiary alicyclic amines) is 1. The van der Waals surface area contributed by atoms with Crippen molar-refractivity contribution in [3.63, 3.8) is 0 Å². The molecule has 1 saturated heterocycles. The molecule has 7 heteroatoms. The van der Waals surface area contributed by atoms with Crippen LogP contribution in [0.5, 0.6) is 0 Å². The van der Waals surface area contributed by atoms with Crippen LogP contribution in [0.3, 0.4) is 0 Å². The first-order valence-corrected chi connectivity index (χ1v) is 14.1. The van der Waals surface area contributed by atoms with Crippen LogP contribution in [0.15, 0.2) is 30.3 Å². The van der Waals surface area contributed by atoms with Crippen molar-refractivity contribution in [3.05, 3.63) is 35.9 Å². The molecule has 2 amide bonds. The van der Waals surface area contributed by atoms with E-state index in [0.29, 0.717) is 5.75 Å². The van der Waals surface area contributed by atoms with Gasteiger partial charge in [-0.05, 0) is 63.7 Å². The summed E-state index contributed by atoms with van der Waals surface area (Å²) in [5.41, 5.74) is 0.730. The van der Waals surface area contributed by atoms with Gasteiger partial charge in [0.05, 0.1) is 0 Å². The Hall–Kier alpha value is -1.73. The molecule has 1 heterocycles. The van der Waals surface area contributed by atoms with Crippen molar-refractivity contribution in [2.45, 2.75) is 89.9 Å². The molecule has 0 aromatic heterocycles. The summed E-state index contributed by atoms with van der Waals surface area (Å²) in [4.78, 5) is 28.0. The number of thioether (sulfide) groups is 1. The maximum atomic E-state index is 13.2. The van der Waals surface area contributed by atoms with Gasteiger partial charge in [-0.25, -0.2) is 4.79 Å². The summed E-state index contributed by atoms with van der Waals surface area (Å²) in [7, 11) is 0. The van der Waals surface area contributed by atoms with Gasteiger partial charge in [0.2, 0.25) is 5.91 Å². The highest BCUT2D eigenvalue weighted by molar-refractivity contribution is 7.99. The Bertz CT molecular complexity index is 754. The number of hydrogen-bond acceptors (Lipinski definition) is 5. The van der Waals surface area contributed by atoms with Crippen LogP contribution in [0.25, 0.3) is 0 Å². The number of carbonyl (C=O) groups is 2. The lowest BCUT2D eigenvalue weighted by atomic mass is 9.91. The van der Waals surface area contributed by atoms with Gasteiger partial charge in [-0.1, -0.05) is 49.6 Å². The molecule has 2 N–H and O–H groups in total. The van der Waals surface area contributed by atoms with Crippen LogP contribution in [-0.2, 0) is 16.1 Å². The fourth-order valence-electron chi connectivity index (χ4n) is 4.72. The van der Waals surface area contributed by atoms with Crippen molar-refractivity contribution >= 4 is 23.8 Å². The van der Waals surface area contributed by atoms with Crippen molar-refractivity contribution in [2.24, 2.45) is 5.92 Å². The van der Waals surface area contributed by atoms with E-state index in [4.69, 9.17) is 4.74 Å². The minimum atomic E-state index is -0.591. The normalized spacial score (nSPS) is 19.4. The van der Waals surface area contributed by atoms with E-state index in [1.54, 1.807) is 11.8 Å². The van der Waals surface area contributed by atoms with Crippen molar-refractivity contribution in [1.82, 2.24) is 15.5 Å². The summed E-state index contributed by atoms with van der Waals surface area (Å²) < 4.78 is 5.43. The second kappa shape index (κ2) is 13.4. The molecule has 2 aliphatic rings. The van der Waals surface area contributed by atoms with Crippen LogP contribution in [0.2, 0.25) is 0 Å². The molecule has 1 aromatic carbocycles. The summed E-state index contributed by atoms with van der Waals surface area (Å²) in [5.74, 6) is 2.27. The maximum absolute atomic E-state index is 13.2. The Morgan fingerprint density at radius 3 is 2.38 bits per heavy atom. The first-order chi connectivity index (χ1) is 16.3. The van der Waals surface area contributed by atoms with E-state index in [1.807, 2.05) is 26.8 Å². The van der Waals surface area contributed by atoms with Crippen LogP contribution in [0.4, 0.5) is 4.79 Å². The number of nitrogens with one attached hydrogen (secondary N) is 2. The predicted molar refractivity (Wildman–Crippen MR) is 140 cm³/mol. The van der Waals surface area contributed by atoms with Gasteiger partial charge in [-0.15, -0.1) is 0 Å². The van der Waals surface area contributed by atoms with Gasteiger partial charge in [0.15, 0.2) is 0 Å². The third-order valence-corrected chi connectivity index (χ3v) is 7.83. The molecule has 0 spiro atoms. The lowest BCUT2D eigenvalue weighted by molar-refractivity contribution is -0.123. The van der Waals surface area contributed by atoms with Crippen LogP contribution in [-0.4, -0.2) is 59.2 Å². The van der Waals surface area contributed by atoms with Gasteiger partial charge in [-0.3, -0.25) is 9.69 Å². The van der Waals surface area contributed by atoms with E-state index in [0.717, 1.165) is 44.1 Å². The van der Waals surface area contributed by atoms with Crippen molar-refractivity contribution in [1.29, 1.82) is 0 Å². The molecular weight excluding hydrogens is 446 g/mol. The summed E-state index contributed by atoms with van der Waals surface area (Å²) >= 11 is 1.78. The first kappa shape index (κ1) is 26.9. The van der Waals surface area contributed by atoms with E-state index in [9.17, 15) is 9.59 Å². The zero-order valence-corrected chi connectivity index (χ0v) is 22.0. The van der Waals surface area contributed by atoms with Gasteiger partial charge in [-0.2, -0.15) is 11.8 Å². The topological polar surface area (TPSA) is 70.7 Å². The summed E-state index contributed by atoms with van der Waals surface area (Å²) in [6.45, 7) is 8.37. The average Bonchev–Trinajstić information content (AvgIpc) is 2.80. The van der Waals surface area contributed by atoms with Crippen LogP contribution in [0, 0.1) is 5.92 Å². The zero-order valence-electron chi connectivity index (χ0n) is 21.2. The minimum Gasteiger partial charge on any atom is -0.444 e. The lowest BCUT2D eigenvalue weighted by Crippen LogP contribution is -2.53. The number of piperidine rings is 1. The number of hydrogen-bond donors (Lipinski definition) is 2. The maximum Gasteiger partial charge on any atom is 0.408 e. The monoisotopic (exact) mass is 489 g/mol. The Morgan fingerprint density at radius 2 is 1.74 bits per heavy atom. The van der Waals surface area contributed by atoms with Crippen molar-refractivity contribution < 1.29 is 14.3 Å². The number of carbonyl (C=O) groups excluding carboxylic acids is 2. The average molecular weight is 490 g/mol. The highest BCUT2D eigenvalue weighted by atomic mass is 32.2. The number of ether oxygens (including phenoxy) is 1. The Kier molecular flexibility index (Phi) is 10.6. The third kappa shape index (κ3) is 9.87.